The van der Waals surface area contributed by atoms with E-state index in [4.69, 9.17) is 0 Å². The van der Waals surface area contributed by atoms with Crippen LogP contribution in [0.4, 0.5) is 5.69 Å². The van der Waals surface area contributed by atoms with Gasteiger partial charge in [-0.05, 0) is 24.6 Å². The Morgan fingerprint density at radius 3 is 2.90 bits per heavy atom. The molecule has 3 rings (SSSR count). The highest BCUT2D eigenvalue weighted by Gasteiger charge is 2.18. The molecule has 0 spiro atoms. The number of imidazole rings is 1. The Morgan fingerprint density at radius 1 is 1.30 bits per heavy atom. The van der Waals surface area contributed by atoms with E-state index in [0.29, 0.717) is 0 Å². The monoisotopic (exact) mass is 268 g/mol. The molecule has 0 aliphatic carbocycles. The van der Waals surface area contributed by atoms with Crippen molar-refractivity contribution in [2.45, 2.75) is 26.8 Å². The number of pyridine rings is 1. The SMILES string of the molecule is CCC[n+]1c2ccc(NC(C)=O)cc2n2ccccc21. The van der Waals surface area contributed by atoms with E-state index in [1.165, 1.54) is 18.1 Å². The van der Waals surface area contributed by atoms with E-state index in [9.17, 15) is 4.79 Å². The predicted octanol–water partition coefficient (Wildman–Crippen LogP) is 2.75. The van der Waals surface area contributed by atoms with Gasteiger partial charge in [0.05, 0.1) is 12.7 Å². The summed E-state index contributed by atoms with van der Waals surface area (Å²) in [5.74, 6) is -0.0494. The molecule has 4 heteroatoms. The molecule has 0 atom stereocenters. The first-order chi connectivity index (χ1) is 9.70. The molecule has 0 fully saturated rings. The third kappa shape index (κ3) is 2.03. The van der Waals surface area contributed by atoms with Crippen molar-refractivity contribution in [1.82, 2.24) is 4.40 Å². The third-order valence-electron chi connectivity index (χ3n) is 3.41. The average Bonchev–Trinajstić information content (AvgIpc) is 2.73. The Morgan fingerprint density at radius 2 is 2.15 bits per heavy atom. The minimum Gasteiger partial charge on any atom is -0.326 e. The van der Waals surface area contributed by atoms with Gasteiger partial charge in [-0.1, -0.05) is 13.0 Å². The van der Waals surface area contributed by atoms with Crippen LogP contribution >= 0.6 is 0 Å². The number of rotatable bonds is 3. The highest BCUT2D eigenvalue weighted by atomic mass is 16.1. The molecule has 20 heavy (non-hydrogen) atoms. The molecule has 0 aliphatic rings. The van der Waals surface area contributed by atoms with Crippen LogP contribution in [0.15, 0.2) is 42.6 Å². The van der Waals surface area contributed by atoms with Crippen LogP contribution in [0, 0.1) is 0 Å². The Labute approximate surface area is 117 Å². The summed E-state index contributed by atoms with van der Waals surface area (Å²) in [6.45, 7) is 4.69. The zero-order chi connectivity index (χ0) is 14.1. The van der Waals surface area contributed by atoms with E-state index in [-0.39, 0.29) is 5.91 Å². The maximum atomic E-state index is 11.2. The first-order valence-corrected chi connectivity index (χ1v) is 6.91. The number of anilines is 1. The number of carbonyl (C=O) groups excluding carboxylic acids is 1. The number of carbonyl (C=O) groups is 1. The summed E-state index contributed by atoms with van der Waals surface area (Å²) in [5, 5.41) is 2.84. The summed E-state index contributed by atoms with van der Waals surface area (Å²) in [6.07, 6.45) is 3.14. The normalized spacial score (nSPS) is 11.1. The largest absolute Gasteiger partial charge is 0.326 e. The molecular weight excluding hydrogens is 250 g/mol. The van der Waals surface area contributed by atoms with Gasteiger partial charge in [0.1, 0.15) is 0 Å². The van der Waals surface area contributed by atoms with Crippen molar-refractivity contribution in [1.29, 1.82) is 0 Å². The molecule has 2 heterocycles. The fourth-order valence-corrected chi connectivity index (χ4v) is 2.67. The molecule has 2 aromatic heterocycles. The Bertz CT molecular complexity index is 789. The fraction of sp³-hybridized carbons (Fsp3) is 0.250. The van der Waals surface area contributed by atoms with Gasteiger partial charge < -0.3 is 5.32 Å². The third-order valence-corrected chi connectivity index (χ3v) is 3.41. The van der Waals surface area contributed by atoms with Crippen molar-refractivity contribution >= 4 is 28.3 Å². The van der Waals surface area contributed by atoms with Crippen molar-refractivity contribution in [2.24, 2.45) is 0 Å². The van der Waals surface area contributed by atoms with Crippen molar-refractivity contribution in [3.8, 4) is 0 Å². The lowest BCUT2D eigenvalue weighted by molar-refractivity contribution is -0.645. The summed E-state index contributed by atoms with van der Waals surface area (Å²) in [5.41, 5.74) is 4.30. The minimum absolute atomic E-state index is 0.0494. The first-order valence-electron chi connectivity index (χ1n) is 6.91. The Balaban J connectivity index is 2.28. The van der Waals surface area contributed by atoms with Gasteiger partial charge in [0.2, 0.25) is 5.91 Å². The van der Waals surface area contributed by atoms with Crippen LogP contribution in [0.25, 0.3) is 16.7 Å². The highest BCUT2D eigenvalue weighted by Crippen LogP contribution is 2.19. The molecule has 4 nitrogen and oxygen atoms in total. The number of nitrogens with zero attached hydrogens (tertiary/aromatic N) is 2. The number of amides is 1. The number of hydrogen-bond donors (Lipinski definition) is 1. The molecule has 0 saturated carbocycles. The molecule has 3 aromatic rings. The minimum atomic E-state index is -0.0494. The number of nitrogens with one attached hydrogen (secondary N) is 1. The summed E-state index contributed by atoms with van der Waals surface area (Å²) < 4.78 is 4.48. The lowest BCUT2D eigenvalue weighted by atomic mass is 10.2. The van der Waals surface area contributed by atoms with Crippen molar-refractivity contribution in [3.05, 3.63) is 42.6 Å². The summed E-state index contributed by atoms with van der Waals surface area (Å²) in [7, 11) is 0. The molecule has 0 radical (unpaired) electrons. The molecule has 1 aromatic carbocycles. The van der Waals surface area contributed by atoms with E-state index in [1.807, 2.05) is 18.2 Å². The van der Waals surface area contributed by atoms with Gasteiger partial charge in [-0.15, -0.1) is 0 Å². The van der Waals surface area contributed by atoms with E-state index in [0.717, 1.165) is 24.2 Å². The summed E-state index contributed by atoms with van der Waals surface area (Å²) in [4.78, 5) is 11.2. The molecule has 102 valence electrons. The van der Waals surface area contributed by atoms with E-state index in [1.54, 1.807) is 0 Å². The Hall–Kier alpha value is -2.36. The van der Waals surface area contributed by atoms with Crippen molar-refractivity contribution in [2.75, 3.05) is 5.32 Å². The van der Waals surface area contributed by atoms with E-state index >= 15 is 0 Å². The first kappa shape index (κ1) is 12.7. The quantitative estimate of drug-likeness (QED) is 0.729. The second-order valence-corrected chi connectivity index (χ2v) is 4.97. The molecule has 0 bridgehead atoms. The van der Waals surface area contributed by atoms with Crippen LogP contribution < -0.4 is 9.88 Å². The number of aryl methyl sites for hydroxylation is 1. The van der Waals surface area contributed by atoms with Crippen LogP contribution in [-0.2, 0) is 11.3 Å². The molecule has 0 aliphatic heterocycles. The second-order valence-electron chi connectivity index (χ2n) is 4.97. The second kappa shape index (κ2) is 4.96. The van der Waals surface area contributed by atoms with Crippen LogP contribution in [0.5, 0.6) is 0 Å². The molecular formula is C16H18N3O+. The van der Waals surface area contributed by atoms with Crippen LogP contribution in [0.2, 0.25) is 0 Å². The fourth-order valence-electron chi connectivity index (χ4n) is 2.67. The predicted molar refractivity (Wildman–Crippen MR) is 79.7 cm³/mol. The average molecular weight is 268 g/mol. The molecule has 0 saturated heterocycles. The van der Waals surface area contributed by atoms with E-state index in [2.05, 4.69) is 45.6 Å². The zero-order valence-electron chi connectivity index (χ0n) is 11.8. The van der Waals surface area contributed by atoms with Gasteiger partial charge in [-0.3, -0.25) is 4.79 Å². The summed E-state index contributed by atoms with van der Waals surface area (Å²) in [6, 6.07) is 12.2. The standard InChI is InChI=1S/C16H17N3O/c1-3-9-18-14-8-7-13(17-12(2)20)11-15(14)19-10-5-4-6-16(18)19/h4-8,10-11H,3,9H2,1-2H3/p+1. The van der Waals surface area contributed by atoms with Crippen LogP contribution in [0.1, 0.15) is 20.3 Å². The Kier molecular flexibility index (Phi) is 3.14. The van der Waals surface area contributed by atoms with Gasteiger partial charge >= 0.3 is 0 Å². The highest BCUT2D eigenvalue weighted by molar-refractivity contribution is 5.91. The maximum Gasteiger partial charge on any atom is 0.287 e. The summed E-state index contributed by atoms with van der Waals surface area (Å²) >= 11 is 0. The lowest BCUT2D eigenvalue weighted by Crippen LogP contribution is -2.32. The topological polar surface area (TPSA) is 37.4 Å². The van der Waals surface area contributed by atoms with Gasteiger partial charge in [0.25, 0.3) is 5.65 Å². The molecule has 1 N–H and O–H groups in total. The number of aromatic nitrogens is 2. The number of benzene rings is 1. The lowest BCUT2D eigenvalue weighted by Gasteiger charge is -2.00. The van der Waals surface area contributed by atoms with Crippen LogP contribution in [-0.4, -0.2) is 10.3 Å². The number of hydrogen-bond acceptors (Lipinski definition) is 1. The molecule has 1 amide bonds. The van der Waals surface area contributed by atoms with Crippen molar-refractivity contribution in [3.63, 3.8) is 0 Å². The number of fused-ring (bicyclic) bond motifs is 3. The van der Waals surface area contributed by atoms with E-state index < -0.39 is 0 Å². The van der Waals surface area contributed by atoms with Gasteiger partial charge in [-0.25, -0.2) is 4.57 Å². The van der Waals surface area contributed by atoms with Gasteiger partial charge in [0.15, 0.2) is 11.0 Å². The van der Waals surface area contributed by atoms with Gasteiger partial charge in [-0.2, -0.15) is 4.40 Å². The maximum absolute atomic E-state index is 11.2. The van der Waals surface area contributed by atoms with Crippen LogP contribution in [0.3, 0.4) is 0 Å². The van der Waals surface area contributed by atoms with Crippen molar-refractivity contribution < 1.29 is 9.36 Å². The van der Waals surface area contributed by atoms with Gasteiger partial charge in [0, 0.05) is 24.7 Å². The molecule has 0 unspecified atom stereocenters. The smallest absolute Gasteiger partial charge is 0.287 e. The zero-order valence-corrected chi connectivity index (χ0v) is 11.8.